The van der Waals surface area contributed by atoms with Crippen LogP contribution in [0.5, 0.6) is 0 Å². The van der Waals surface area contributed by atoms with Crippen LogP contribution in [0.15, 0.2) is 18.2 Å². The summed E-state index contributed by atoms with van der Waals surface area (Å²) in [7, 11) is 0. The molecule has 4 heteroatoms. The number of amides is 1. The Morgan fingerprint density at radius 2 is 2.00 bits per heavy atom. The zero-order chi connectivity index (χ0) is 13.7. The number of benzene rings is 1. The maximum Gasteiger partial charge on any atom is 0.237 e. The number of hydrogen-bond donors (Lipinski definition) is 2. The van der Waals surface area contributed by atoms with Crippen molar-refractivity contribution in [3.05, 3.63) is 34.9 Å². The lowest BCUT2D eigenvalue weighted by atomic mass is 10.00. The van der Waals surface area contributed by atoms with E-state index in [0.717, 1.165) is 32.4 Å². The molecular weight excluding hydrogens is 272 g/mol. The molecule has 1 atom stereocenters. The van der Waals surface area contributed by atoms with Crippen LogP contribution in [0, 0.1) is 13.8 Å². The molecule has 0 bridgehead atoms. The van der Waals surface area contributed by atoms with Gasteiger partial charge in [-0.3, -0.25) is 4.79 Å². The van der Waals surface area contributed by atoms with Crippen molar-refractivity contribution in [1.82, 2.24) is 10.6 Å². The molecular formula is C16H25ClN2O. The molecule has 0 aromatic heterocycles. The van der Waals surface area contributed by atoms with Crippen molar-refractivity contribution in [2.45, 2.75) is 45.6 Å². The first-order chi connectivity index (χ1) is 9.18. The molecule has 2 N–H and O–H groups in total. The number of carbonyl (C=O) groups is 1. The Morgan fingerprint density at radius 3 is 2.60 bits per heavy atom. The minimum Gasteiger partial charge on any atom is -0.354 e. The fraction of sp³-hybridized carbons (Fsp3) is 0.562. The normalized spacial score (nSPS) is 18.2. The van der Waals surface area contributed by atoms with E-state index in [1.54, 1.807) is 0 Å². The average Bonchev–Trinajstić information content (AvgIpc) is 2.43. The van der Waals surface area contributed by atoms with Gasteiger partial charge in [-0.15, -0.1) is 12.4 Å². The minimum absolute atomic E-state index is 0. The van der Waals surface area contributed by atoms with Crippen LogP contribution in [0.1, 0.15) is 36.0 Å². The molecule has 112 valence electrons. The molecule has 0 saturated carbocycles. The lowest BCUT2D eigenvalue weighted by Gasteiger charge is -2.22. The predicted octanol–water partition coefficient (Wildman–Crippen LogP) is 2.53. The summed E-state index contributed by atoms with van der Waals surface area (Å²) in [5.74, 6) is 0.158. The average molecular weight is 297 g/mol. The van der Waals surface area contributed by atoms with Gasteiger partial charge in [-0.2, -0.15) is 0 Å². The van der Waals surface area contributed by atoms with Crippen molar-refractivity contribution in [1.29, 1.82) is 0 Å². The second kappa shape index (κ2) is 8.28. The smallest absolute Gasteiger partial charge is 0.237 e. The topological polar surface area (TPSA) is 41.1 Å². The Balaban J connectivity index is 0.00000200. The first kappa shape index (κ1) is 17.0. The van der Waals surface area contributed by atoms with Gasteiger partial charge in [0.25, 0.3) is 0 Å². The second-order valence-corrected chi connectivity index (χ2v) is 5.41. The van der Waals surface area contributed by atoms with Crippen LogP contribution in [0.3, 0.4) is 0 Å². The zero-order valence-corrected chi connectivity index (χ0v) is 13.2. The molecule has 20 heavy (non-hydrogen) atoms. The van der Waals surface area contributed by atoms with E-state index in [0.29, 0.717) is 0 Å². The van der Waals surface area contributed by atoms with Crippen LogP contribution in [0.25, 0.3) is 0 Å². The van der Waals surface area contributed by atoms with E-state index >= 15 is 0 Å². The van der Waals surface area contributed by atoms with Crippen LogP contribution in [0.4, 0.5) is 0 Å². The van der Waals surface area contributed by atoms with E-state index in [-0.39, 0.29) is 24.4 Å². The summed E-state index contributed by atoms with van der Waals surface area (Å²) in [6.45, 7) is 5.96. The number of piperidine rings is 1. The van der Waals surface area contributed by atoms with E-state index in [9.17, 15) is 4.79 Å². The Morgan fingerprint density at radius 1 is 1.30 bits per heavy atom. The van der Waals surface area contributed by atoms with Crippen molar-refractivity contribution in [2.75, 3.05) is 13.1 Å². The highest BCUT2D eigenvalue weighted by Gasteiger charge is 2.19. The van der Waals surface area contributed by atoms with Gasteiger partial charge in [0.05, 0.1) is 6.04 Å². The number of nitrogens with one attached hydrogen (secondary N) is 2. The molecule has 1 aromatic rings. The summed E-state index contributed by atoms with van der Waals surface area (Å²) in [4.78, 5) is 12.0. The molecule has 1 aliphatic rings. The summed E-state index contributed by atoms with van der Waals surface area (Å²) in [6, 6.07) is 6.37. The van der Waals surface area contributed by atoms with Crippen molar-refractivity contribution < 1.29 is 4.79 Å². The molecule has 1 saturated heterocycles. The lowest BCUT2D eigenvalue weighted by molar-refractivity contribution is -0.123. The molecule has 0 aliphatic carbocycles. The van der Waals surface area contributed by atoms with E-state index < -0.39 is 0 Å². The molecule has 1 aromatic carbocycles. The van der Waals surface area contributed by atoms with Crippen LogP contribution in [-0.4, -0.2) is 25.0 Å². The zero-order valence-electron chi connectivity index (χ0n) is 12.4. The fourth-order valence-corrected chi connectivity index (χ4v) is 2.75. The number of aryl methyl sites for hydroxylation is 2. The van der Waals surface area contributed by atoms with Gasteiger partial charge >= 0.3 is 0 Å². The summed E-state index contributed by atoms with van der Waals surface area (Å²) in [5, 5.41) is 6.33. The predicted molar refractivity (Wildman–Crippen MR) is 85.5 cm³/mol. The Kier molecular flexibility index (Phi) is 7.03. The molecule has 1 heterocycles. The van der Waals surface area contributed by atoms with Gasteiger partial charge in [-0.25, -0.2) is 0 Å². The van der Waals surface area contributed by atoms with E-state index in [4.69, 9.17) is 0 Å². The monoisotopic (exact) mass is 296 g/mol. The summed E-state index contributed by atoms with van der Waals surface area (Å²) in [6.07, 6.45) is 4.22. The van der Waals surface area contributed by atoms with Crippen LogP contribution >= 0.6 is 12.4 Å². The maximum atomic E-state index is 12.0. The highest BCUT2D eigenvalue weighted by molar-refractivity contribution is 5.85. The Labute approximate surface area is 127 Å². The number of halogens is 1. The third-order valence-corrected chi connectivity index (χ3v) is 3.95. The maximum absolute atomic E-state index is 12.0. The first-order valence-electron chi connectivity index (χ1n) is 7.24. The molecule has 0 spiro atoms. The first-order valence-corrected chi connectivity index (χ1v) is 7.24. The third kappa shape index (κ3) is 4.50. The summed E-state index contributed by atoms with van der Waals surface area (Å²) in [5.41, 5.74) is 3.98. The Bertz CT molecular complexity index is 422. The van der Waals surface area contributed by atoms with E-state index in [2.05, 4.69) is 42.7 Å². The van der Waals surface area contributed by atoms with Crippen molar-refractivity contribution in [3.63, 3.8) is 0 Å². The van der Waals surface area contributed by atoms with Crippen LogP contribution in [0.2, 0.25) is 0 Å². The van der Waals surface area contributed by atoms with Crippen LogP contribution < -0.4 is 10.6 Å². The summed E-state index contributed by atoms with van der Waals surface area (Å²) < 4.78 is 0. The SMILES string of the molecule is Cc1cccc(C)c1CCNC(=O)C1CCCCN1.Cl. The van der Waals surface area contributed by atoms with Gasteiger partial charge < -0.3 is 10.6 Å². The van der Waals surface area contributed by atoms with Crippen LogP contribution in [-0.2, 0) is 11.2 Å². The van der Waals surface area contributed by atoms with Gasteiger partial charge in [-0.05, 0) is 56.3 Å². The van der Waals surface area contributed by atoms with Gasteiger partial charge in [0.1, 0.15) is 0 Å². The molecule has 0 radical (unpaired) electrons. The van der Waals surface area contributed by atoms with Crippen molar-refractivity contribution >= 4 is 18.3 Å². The minimum atomic E-state index is 0. The van der Waals surface area contributed by atoms with Crippen molar-refractivity contribution in [3.8, 4) is 0 Å². The van der Waals surface area contributed by atoms with E-state index in [1.165, 1.54) is 23.1 Å². The molecule has 2 rings (SSSR count). The number of carbonyl (C=O) groups excluding carboxylic acids is 1. The van der Waals surface area contributed by atoms with Gasteiger partial charge in [0.15, 0.2) is 0 Å². The standard InChI is InChI=1S/C16H24N2O.ClH/c1-12-6-5-7-13(2)14(12)9-11-18-16(19)15-8-3-4-10-17-15;/h5-7,15,17H,3-4,8-11H2,1-2H3,(H,18,19);1H. The van der Waals surface area contributed by atoms with Crippen molar-refractivity contribution in [2.24, 2.45) is 0 Å². The second-order valence-electron chi connectivity index (χ2n) is 5.41. The highest BCUT2D eigenvalue weighted by Crippen LogP contribution is 2.13. The Hall–Kier alpha value is -1.06. The number of hydrogen-bond acceptors (Lipinski definition) is 2. The molecule has 1 aliphatic heterocycles. The highest BCUT2D eigenvalue weighted by atomic mass is 35.5. The van der Waals surface area contributed by atoms with Gasteiger partial charge in [-0.1, -0.05) is 24.6 Å². The summed E-state index contributed by atoms with van der Waals surface area (Å²) >= 11 is 0. The molecule has 1 fully saturated rings. The van der Waals surface area contributed by atoms with Gasteiger partial charge in [0, 0.05) is 6.54 Å². The molecule has 1 amide bonds. The third-order valence-electron chi connectivity index (χ3n) is 3.95. The number of rotatable bonds is 4. The van der Waals surface area contributed by atoms with Gasteiger partial charge in [0.2, 0.25) is 5.91 Å². The van der Waals surface area contributed by atoms with E-state index in [1.807, 2.05) is 0 Å². The molecule has 1 unspecified atom stereocenters. The molecule has 3 nitrogen and oxygen atoms in total. The lowest BCUT2D eigenvalue weighted by Crippen LogP contribution is -2.47. The fourth-order valence-electron chi connectivity index (χ4n) is 2.75. The largest absolute Gasteiger partial charge is 0.354 e. The quantitative estimate of drug-likeness (QED) is 0.896.